The van der Waals surface area contributed by atoms with Gasteiger partial charge in [0.2, 0.25) is 11.8 Å². The van der Waals surface area contributed by atoms with Crippen LogP contribution >= 0.6 is 15.6 Å². The van der Waals surface area contributed by atoms with Gasteiger partial charge in [0.25, 0.3) is 35.2 Å². The number of phosphoric ester groups is 2. The van der Waals surface area contributed by atoms with E-state index in [1.54, 1.807) is 99.9 Å². The fourth-order valence-corrected chi connectivity index (χ4v) is 11.0. The van der Waals surface area contributed by atoms with Crippen LogP contribution in [0, 0.1) is 0 Å². The second-order valence-electron chi connectivity index (χ2n) is 20.6. The molecule has 82 heavy (non-hydrogen) atoms. The van der Waals surface area contributed by atoms with Gasteiger partial charge in [0.05, 0.1) is 73.9 Å². The second-order valence-corrected chi connectivity index (χ2v) is 23.3. The van der Waals surface area contributed by atoms with Crippen molar-refractivity contribution in [2.75, 3.05) is 80.8 Å². The molecule has 0 aliphatic carbocycles. The van der Waals surface area contributed by atoms with E-state index in [-0.39, 0.29) is 120 Å². The van der Waals surface area contributed by atoms with Crippen molar-refractivity contribution in [2.45, 2.75) is 66.2 Å². The Hall–Kier alpha value is -7.54. The van der Waals surface area contributed by atoms with E-state index in [0.717, 1.165) is 0 Å². The molecule has 6 aromatic rings. The van der Waals surface area contributed by atoms with E-state index >= 15 is 0 Å². The monoisotopic (exact) mass is 1180 g/mol. The SMILES string of the molecule is COc1cnc(OC)c2c1c(C(=O)C(=O)N1CCN(C(=O)c3ccccc3)CC1)cn2COP(=O)(O)O.COc1cnc(OC)c2c1c(C(=O)C(=O)N1CCN(C(=O)c3ccccc3)CC1)cn2COP(=O)(OC(C)(C)C)OC(C)(C)C. The summed E-state index contributed by atoms with van der Waals surface area (Å²) in [6.07, 6.45) is 5.34. The highest BCUT2D eigenvalue weighted by Gasteiger charge is 2.39. The first-order valence-electron chi connectivity index (χ1n) is 25.6. The van der Waals surface area contributed by atoms with E-state index in [4.69, 9.17) is 42.3 Å². The van der Waals surface area contributed by atoms with Gasteiger partial charge in [-0.15, -0.1) is 0 Å². The molecule has 2 aliphatic rings. The minimum atomic E-state index is -4.85. The molecule has 4 aromatic heterocycles. The zero-order valence-corrected chi connectivity index (χ0v) is 48.8. The zero-order valence-electron chi connectivity index (χ0n) is 47.1. The van der Waals surface area contributed by atoms with E-state index in [1.807, 2.05) is 12.1 Å². The predicted molar refractivity (Wildman–Crippen MR) is 296 cm³/mol. The standard InChI is InChI=1S/C31H41N4O9P.C23H25N4O9P/c1-30(2,3)43-45(39,44-31(4,5)6)42-20-35-19-22(24-23(40-7)18-32-27(41-8)25(24)35)26(36)29(38)34-16-14-33(15-17-34)28(37)21-12-10-9-11-13-21;1-34-17-12-24-21(35-2)19-18(17)16(13-27(19)14-36-37(31,32)33)20(28)23(30)26-10-8-25(9-11-26)22(29)15-6-4-3-5-7-15/h9-13,18-19H,14-17,20H2,1-8H3;3-7,12-13H,8-11,14H2,1-2H3,(H2,31,32,33). The van der Waals surface area contributed by atoms with Gasteiger partial charge in [0, 0.05) is 75.9 Å². The number of aromatic nitrogens is 4. The molecule has 4 amide bonds. The Bertz CT molecular complexity index is 3410. The van der Waals surface area contributed by atoms with Gasteiger partial charge >= 0.3 is 15.6 Å². The molecule has 2 N–H and O–H groups in total. The molecular formula is C54H66N8O18P2. The van der Waals surface area contributed by atoms with Crippen molar-refractivity contribution in [3.05, 3.63) is 108 Å². The van der Waals surface area contributed by atoms with Crippen molar-refractivity contribution in [1.29, 1.82) is 0 Å². The third-order valence-electron chi connectivity index (χ3n) is 12.6. The lowest BCUT2D eigenvalue weighted by Gasteiger charge is -2.34. The van der Waals surface area contributed by atoms with Crippen LogP contribution in [0.25, 0.3) is 21.8 Å². The Morgan fingerprint density at radius 3 is 1.17 bits per heavy atom. The number of nitrogens with zero attached hydrogens (tertiary/aromatic N) is 8. The first-order valence-corrected chi connectivity index (χ1v) is 28.6. The number of benzene rings is 2. The maximum absolute atomic E-state index is 13.8. The van der Waals surface area contributed by atoms with E-state index in [2.05, 4.69) is 14.5 Å². The summed E-state index contributed by atoms with van der Waals surface area (Å²) in [6.45, 7) is 11.0. The highest BCUT2D eigenvalue weighted by Crippen LogP contribution is 2.56. The average Bonchev–Trinajstić information content (AvgIpc) is 4.19. The Labute approximate surface area is 472 Å². The normalized spacial score (nSPS) is 14.3. The van der Waals surface area contributed by atoms with Crippen LogP contribution in [0.2, 0.25) is 0 Å². The predicted octanol–water partition coefficient (Wildman–Crippen LogP) is 6.22. The highest BCUT2D eigenvalue weighted by molar-refractivity contribution is 7.48. The molecule has 0 bridgehead atoms. The lowest BCUT2D eigenvalue weighted by atomic mass is 10.1. The molecule has 28 heteroatoms. The fraction of sp³-hybridized carbons (Fsp3) is 0.407. The molecule has 0 saturated carbocycles. The van der Waals surface area contributed by atoms with Crippen molar-refractivity contribution in [2.24, 2.45) is 0 Å². The minimum absolute atomic E-state index is 0.0160. The largest absolute Gasteiger partial charge is 0.494 e. The molecular weight excluding hydrogens is 1110 g/mol. The van der Waals surface area contributed by atoms with Crippen LogP contribution in [-0.2, 0) is 50.3 Å². The first-order chi connectivity index (χ1) is 38.7. The van der Waals surface area contributed by atoms with Crippen LogP contribution in [0.15, 0.2) is 85.5 Å². The number of carbonyl (C=O) groups is 6. The molecule has 440 valence electrons. The number of rotatable bonds is 18. The summed E-state index contributed by atoms with van der Waals surface area (Å²) >= 11 is 0. The van der Waals surface area contributed by atoms with Crippen molar-refractivity contribution in [3.63, 3.8) is 0 Å². The number of ketones is 2. The van der Waals surface area contributed by atoms with Gasteiger partial charge in [-0.2, -0.15) is 0 Å². The topological polar surface area (TPSA) is 299 Å². The van der Waals surface area contributed by atoms with Crippen molar-refractivity contribution < 1.29 is 84.7 Å². The molecule has 2 aliphatic heterocycles. The van der Waals surface area contributed by atoms with Crippen LogP contribution in [0.5, 0.6) is 23.3 Å². The van der Waals surface area contributed by atoms with Crippen LogP contribution in [0.1, 0.15) is 83.0 Å². The molecule has 8 rings (SSSR count). The first kappa shape index (κ1) is 62.1. The number of ether oxygens (including phenoxy) is 4. The quantitative estimate of drug-likeness (QED) is 0.0548. The van der Waals surface area contributed by atoms with Gasteiger partial charge in [0.1, 0.15) is 36.0 Å². The Kier molecular flexibility index (Phi) is 19.5. The molecule has 0 unspecified atom stereocenters. The number of Topliss-reactive ketones (excluding diaryl/α,β-unsaturated/α-hetero) is 2. The van der Waals surface area contributed by atoms with Gasteiger partial charge in [-0.1, -0.05) is 36.4 Å². The third-order valence-corrected chi connectivity index (χ3v) is 15.0. The van der Waals surface area contributed by atoms with Gasteiger partial charge in [0.15, 0.2) is 0 Å². The molecule has 2 fully saturated rings. The number of hydrogen-bond donors (Lipinski definition) is 2. The minimum Gasteiger partial charge on any atom is -0.494 e. The zero-order chi connectivity index (χ0) is 59.9. The van der Waals surface area contributed by atoms with E-state index in [9.17, 15) is 37.9 Å². The summed E-state index contributed by atoms with van der Waals surface area (Å²) in [5.74, 6) is -2.96. The van der Waals surface area contributed by atoms with Crippen molar-refractivity contribution >= 4 is 72.6 Å². The number of pyridine rings is 2. The number of carbonyl (C=O) groups excluding carboxylic acids is 6. The summed E-state index contributed by atoms with van der Waals surface area (Å²) in [7, 11) is -3.49. The average molecular weight is 1180 g/mol. The van der Waals surface area contributed by atoms with E-state index in [1.165, 1.54) is 72.2 Å². The Balaban J connectivity index is 0.000000240. The number of hydrogen-bond acceptors (Lipinski definition) is 18. The summed E-state index contributed by atoms with van der Waals surface area (Å²) < 4.78 is 71.1. The van der Waals surface area contributed by atoms with Gasteiger partial charge in [-0.3, -0.25) is 46.9 Å². The Morgan fingerprint density at radius 1 is 0.512 bits per heavy atom. The summed E-state index contributed by atoms with van der Waals surface area (Å²) in [5, 5.41) is 0.451. The molecule has 0 spiro atoms. The van der Waals surface area contributed by atoms with Crippen molar-refractivity contribution in [3.8, 4) is 23.3 Å². The molecule has 2 aromatic carbocycles. The van der Waals surface area contributed by atoms with Crippen LogP contribution in [-0.4, -0.2) is 176 Å². The number of fused-ring (bicyclic) bond motifs is 2. The number of piperazine rings is 2. The molecule has 2 saturated heterocycles. The summed E-state index contributed by atoms with van der Waals surface area (Å²) in [4.78, 5) is 112. The maximum Gasteiger partial charge on any atom is 0.477 e. The lowest BCUT2D eigenvalue weighted by molar-refractivity contribution is -0.128. The van der Waals surface area contributed by atoms with Crippen LogP contribution in [0.3, 0.4) is 0 Å². The fourth-order valence-electron chi connectivity index (χ4n) is 8.99. The smallest absolute Gasteiger partial charge is 0.477 e. The second kappa shape index (κ2) is 25.7. The van der Waals surface area contributed by atoms with Crippen molar-refractivity contribution in [1.82, 2.24) is 38.7 Å². The highest BCUT2D eigenvalue weighted by atomic mass is 31.2. The lowest BCUT2D eigenvalue weighted by Crippen LogP contribution is -2.52. The van der Waals surface area contributed by atoms with Gasteiger partial charge < -0.3 is 57.5 Å². The molecule has 0 radical (unpaired) electrons. The molecule has 0 atom stereocenters. The van der Waals surface area contributed by atoms with Crippen LogP contribution in [0.4, 0.5) is 0 Å². The summed E-state index contributed by atoms with van der Waals surface area (Å²) in [5.41, 5.74) is -0.260. The molecule has 6 heterocycles. The van der Waals surface area contributed by atoms with E-state index < -0.39 is 63.7 Å². The third kappa shape index (κ3) is 14.7. The number of phosphoric acid groups is 2. The Morgan fingerprint density at radius 2 is 0.854 bits per heavy atom. The molecule has 26 nitrogen and oxygen atoms in total. The summed E-state index contributed by atoms with van der Waals surface area (Å²) in [6, 6.07) is 17.7. The van der Waals surface area contributed by atoms with Gasteiger partial charge in [-0.05, 0) is 65.8 Å². The van der Waals surface area contributed by atoms with E-state index in [0.29, 0.717) is 11.1 Å². The number of amides is 4. The van der Waals surface area contributed by atoms with Crippen LogP contribution < -0.4 is 18.9 Å². The number of methoxy groups -OCH3 is 4. The van der Waals surface area contributed by atoms with Gasteiger partial charge in [-0.25, -0.2) is 19.1 Å². The maximum atomic E-state index is 13.8.